The molecule has 0 saturated carbocycles. The molecule has 2 aliphatic rings. The van der Waals surface area contributed by atoms with Crippen LogP contribution in [0, 0.1) is 0 Å². The Bertz CT molecular complexity index is 933. The van der Waals surface area contributed by atoms with Crippen molar-refractivity contribution in [2.45, 2.75) is 18.8 Å². The van der Waals surface area contributed by atoms with Crippen LogP contribution in [0.4, 0.5) is 0 Å². The van der Waals surface area contributed by atoms with E-state index in [1.807, 2.05) is 35.2 Å². The van der Waals surface area contributed by atoms with Crippen molar-refractivity contribution in [3.05, 3.63) is 65.2 Å². The lowest BCUT2D eigenvalue weighted by Crippen LogP contribution is -2.47. The van der Waals surface area contributed by atoms with Gasteiger partial charge < -0.3 is 25.0 Å². The maximum absolute atomic E-state index is 13.3. The second-order valence-electron chi connectivity index (χ2n) is 8.07. The lowest BCUT2D eigenvalue weighted by atomic mass is 9.97. The molecule has 2 aliphatic heterocycles. The van der Waals surface area contributed by atoms with Gasteiger partial charge in [0.2, 0.25) is 5.91 Å². The first-order valence-electron chi connectivity index (χ1n) is 11.3. The van der Waals surface area contributed by atoms with Crippen LogP contribution in [-0.4, -0.2) is 69.8 Å². The topological polar surface area (TPSA) is 75.2 Å². The molecule has 0 bridgehead atoms. The summed E-state index contributed by atoms with van der Waals surface area (Å²) in [5, 5.41) is 6.73. The van der Waals surface area contributed by atoms with E-state index in [0.717, 1.165) is 37.3 Å². The first kappa shape index (κ1) is 25.3. The lowest BCUT2D eigenvalue weighted by molar-refractivity contribution is -0.136. The molecule has 33 heavy (non-hydrogen) atoms. The molecule has 1 saturated heterocycles. The van der Waals surface area contributed by atoms with Gasteiger partial charge in [-0.05, 0) is 29.2 Å². The monoisotopic (exact) mass is 564 g/mol. The highest BCUT2D eigenvalue weighted by Crippen LogP contribution is 2.26. The van der Waals surface area contributed by atoms with E-state index in [1.54, 1.807) is 7.05 Å². The van der Waals surface area contributed by atoms with Crippen LogP contribution in [0.2, 0.25) is 0 Å². The molecule has 1 fully saturated rings. The summed E-state index contributed by atoms with van der Waals surface area (Å²) < 4.78 is 11.0. The van der Waals surface area contributed by atoms with Crippen molar-refractivity contribution in [3.63, 3.8) is 0 Å². The van der Waals surface area contributed by atoms with Crippen molar-refractivity contribution < 1.29 is 14.3 Å². The number of nitrogens with zero attached hydrogens (tertiary/aromatic N) is 2. The number of nitrogens with one attached hydrogen (secondary N) is 2. The summed E-state index contributed by atoms with van der Waals surface area (Å²) in [6.07, 6.45) is 1.88. The third-order valence-corrected chi connectivity index (χ3v) is 5.98. The number of fused-ring (bicyclic) bond motifs is 1. The zero-order valence-corrected chi connectivity index (χ0v) is 21.4. The number of carbonyl (C=O) groups is 1. The van der Waals surface area contributed by atoms with Crippen molar-refractivity contribution in [2.24, 2.45) is 4.99 Å². The number of aliphatic imine (C=N–C) groups is 1. The van der Waals surface area contributed by atoms with E-state index in [0.29, 0.717) is 38.8 Å². The molecule has 8 heteroatoms. The number of hydrogen-bond donors (Lipinski definition) is 2. The molecular formula is C25H33IN4O3. The van der Waals surface area contributed by atoms with Gasteiger partial charge in [-0.2, -0.15) is 0 Å². The van der Waals surface area contributed by atoms with E-state index in [2.05, 4.69) is 33.8 Å². The van der Waals surface area contributed by atoms with Crippen LogP contribution in [0.15, 0.2) is 53.5 Å². The fraction of sp³-hybridized carbons (Fsp3) is 0.440. The van der Waals surface area contributed by atoms with Gasteiger partial charge in [0.1, 0.15) is 5.75 Å². The Kier molecular flexibility index (Phi) is 9.80. The summed E-state index contributed by atoms with van der Waals surface area (Å²) in [5.41, 5.74) is 3.58. The molecule has 0 aliphatic carbocycles. The Hall–Kier alpha value is -2.33. The highest BCUT2D eigenvalue weighted by molar-refractivity contribution is 14.0. The third kappa shape index (κ3) is 6.83. The van der Waals surface area contributed by atoms with Gasteiger partial charge in [0.05, 0.1) is 25.7 Å². The Morgan fingerprint density at radius 1 is 1.09 bits per heavy atom. The van der Waals surface area contributed by atoms with Crippen molar-refractivity contribution in [3.8, 4) is 5.75 Å². The first-order valence-corrected chi connectivity index (χ1v) is 11.3. The van der Waals surface area contributed by atoms with Gasteiger partial charge in [0, 0.05) is 39.6 Å². The summed E-state index contributed by atoms with van der Waals surface area (Å²) in [6.45, 7) is 4.49. The van der Waals surface area contributed by atoms with Crippen molar-refractivity contribution in [2.75, 3.05) is 53.0 Å². The fourth-order valence-corrected chi connectivity index (χ4v) is 4.18. The van der Waals surface area contributed by atoms with Gasteiger partial charge >= 0.3 is 0 Å². The maximum atomic E-state index is 13.3. The molecule has 2 aromatic carbocycles. The zero-order valence-electron chi connectivity index (χ0n) is 19.1. The minimum atomic E-state index is -0.274. The third-order valence-electron chi connectivity index (χ3n) is 5.98. The Balaban J connectivity index is 0.00000306. The van der Waals surface area contributed by atoms with Crippen molar-refractivity contribution in [1.29, 1.82) is 0 Å². The molecule has 1 unspecified atom stereocenters. The van der Waals surface area contributed by atoms with E-state index < -0.39 is 0 Å². The molecule has 2 N–H and O–H groups in total. The van der Waals surface area contributed by atoms with Gasteiger partial charge in [-0.25, -0.2) is 0 Å². The van der Waals surface area contributed by atoms with Crippen LogP contribution in [0.5, 0.6) is 5.75 Å². The number of hydrogen-bond acceptors (Lipinski definition) is 4. The predicted octanol–water partition coefficient (Wildman–Crippen LogP) is 2.59. The summed E-state index contributed by atoms with van der Waals surface area (Å²) in [7, 11) is 1.75. The molecule has 2 heterocycles. The molecule has 4 rings (SSSR count). The Morgan fingerprint density at radius 3 is 2.64 bits per heavy atom. The fourth-order valence-electron chi connectivity index (χ4n) is 4.18. The average Bonchev–Trinajstić information content (AvgIpc) is 3.32. The van der Waals surface area contributed by atoms with Crippen LogP contribution >= 0.6 is 24.0 Å². The largest absolute Gasteiger partial charge is 0.493 e. The normalized spacial score (nSPS) is 16.3. The SMILES string of the molecule is CN=C(NCCc1ccc2c(c1)CCO2)NCC(C(=O)N1CCOCC1)c1ccccc1.I. The second-order valence-corrected chi connectivity index (χ2v) is 8.07. The minimum absolute atomic E-state index is 0. The molecule has 1 atom stereocenters. The average molecular weight is 564 g/mol. The van der Waals surface area contributed by atoms with E-state index in [1.165, 1.54) is 11.1 Å². The van der Waals surface area contributed by atoms with E-state index in [9.17, 15) is 4.79 Å². The van der Waals surface area contributed by atoms with Gasteiger partial charge in [0.25, 0.3) is 0 Å². The maximum Gasteiger partial charge on any atom is 0.232 e. The van der Waals surface area contributed by atoms with E-state index in [4.69, 9.17) is 9.47 Å². The number of ether oxygens (including phenoxy) is 2. The summed E-state index contributed by atoms with van der Waals surface area (Å²) in [6, 6.07) is 16.4. The highest BCUT2D eigenvalue weighted by Gasteiger charge is 2.27. The quantitative estimate of drug-likeness (QED) is 0.308. The number of carbonyl (C=O) groups excluding carboxylic acids is 1. The van der Waals surface area contributed by atoms with Gasteiger partial charge in [0.15, 0.2) is 5.96 Å². The number of morpholine rings is 1. The van der Waals surface area contributed by atoms with Crippen LogP contribution in [0.1, 0.15) is 22.6 Å². The molecular weight excluding hydrogens is 531 g/mol. The van der Waals surface area contributed by atoms with Crippen LogP contribution in [0.3, 0.4) is 0 Å². The minimum Gasteiger partial charge on any atom is -0.493 e. The van der Waals surface area contributed by atoms with Crippen LogP contribution in [-0.2, 0) is 22.4 Å². The van der Waals surface area contributed by atoms with Crippen molar-refractivity contribution >= 4 is 35.8 Å². The Labute approximate surface area is 213 Å². The summed E-state index contributed by atoms with van der Waals surface area (Å²) in [5.74, 6) is 1.56. The molecule has 0 aromatic heterocycles. The molecule has 0 spiro atoms. The molecule has 2 aromatic rings. The lowest BCUT2D eigenvalue weighted by Gasteiger charge is -2.31. The van der Waals surface area contributed by atoms with Gasteiger partial charge in [-0.3, -0.25) is 9.79 Å². The number of guanidine groups is 1. The van der Waals surface area contributed by atoms with Gasteiger partial charge in [-0.1, -0.05) is 42.5 Å². The molecule has 0 radical (unpaired) electrons. The summed E-state index contributed by atoms with van der Waals surface area (Å²) >= 11 is 0. The number of benzene rings is 2. The molecule has 7 nitrogen and oxygen atoms in total. The van der Waals surface area contributed by atoms with Crippen LogP contribution in [0.25, 0.3) is 0 Å². The highest BCUT2D eigenvalue weighted by atomic mass is 127. The first-order chi connectivity index (χ1) is 15.7. The van der Waals surface area contributed by atoms with Crippen LogP contribution < -0.4 is 15.4 Å². The predicted molar refractivity (Wildman–Crippen MR) is 141 cm³/mol. The van der Waals surface area contributed by atoms with E-state index >= 15 is 0 Å². The van der Waals surface area contributed by atoms with Crippen molar-refractivity contribution in [1.82, 2.24) is 15.5 Å². The zero-order chi connectivity index (χ0) is 22.2. The second kappa shape index (κ2) is 12.8. The number of halogens is 1. The number of amides is 1. The molecule has 1 amide bonds. The van der Waals surface area contributed by atoms with Gasteiger partial charge in [-0.15, -0.1) is 24.0 Å². The van der Waals surface area contributed by atoms with E-state index in [-0.39, 0.29) is 35.8 Å². The standard InChI is InChI=1S/C25H32N4O3.HI/c1-26-25(27-11-9-19-7-8-23-21(17-19)10-14-32-23)28-18-22(20-5-3-2-4-6-20)24(30)29-12-15-31-16-13-29;/h2-8,17,22H,9-16,18H2,1H3,(H2,26,27,28);1H. The smallest absolute Gasteiger partial charge is 0.232 e. The molecule has 178 valence electrons. The Morgan fingerprint density at radius 2 is 1.88 bits per heavy atom. The summed E-state index contributed by atoms with van der Waals surface area (Å²) in [4.78, 5) is 19.5. The number of rotatable bonds is 7.